The molecule has 3 N–H and O–H groups in total. The van der Waals surface area contributed by atoms with Crippen LogP contribution in [-0.2, 0) is 17.7 Å². The van der Waals surface area contributed by atoms with Crippen LogP contribution >= 0.6 is 0 Å². The highest BCUT2D eigenvalue weighted by Crippen LogP contribution is 2.05. The number of rotatable bonds is 4. The van der Waals surface area contributed by atoms with Crippen LogP contribution in [0.4, 0.5) is 5.69 Å². The van der Waals surface area contributed by atoms with Crippen molar-refractivity contribution in [1.29, 1.82) is 0 Å². The Morgan fingerprint density at radius 1 is 1.38 bits per heavy atom. The van der Waals surface area contributed by atoms with Gasteiger partial charge in [-0.1, -0.05) is 12.1 Å². The third-order valence-corrected chi connectivity index (χ3v) is 2.05. The van der Waals surface area contributed by atoms with Crippen LogP contribution in [0.25, 0.3) is 0 Å². The fourth-order valence-corrected chi connectivity index (χ4v) is 1.23. The lowest BCUT2D eigenvalue weighted by molar-refractivity contribution is 0.523. The summed E-state index contributed by atoms with van der Waals surface area (Å²) in [4.78, 5) is 0. The Morgan fingerprint density at radius 3 is 2.54 bits per heavy atom. The molecule has 0 aliphatic heterocycles. The van der Waals surface area contributed by atoms with E-state index in [1.165, 1.54) is 0 Å². The maximum absolute atomic E-state index is 10.1. The first-order valence-electron chi connectivity index (χ1n) is 3.85. The number of nitrogens with one attached hydrogen (secondary N) is 1. The monoisotopic (exact) mass is 199 g/mol. The molecule has 0 heterocycles. The van der Waals surface area contributed by atoms with E-state index >= 15 is 0 Å². The summed E-state index contributed by atoms with van der Waals surface area (Å²) in [5.41, 5.74) is 7.26. The molecule has 0 bridgehead atoms. The standard InChI is InChI=1S/C8H12N2O2S/c9-8-3-1-7(2-4-8)5-6-10-13(11)12/h1-4,10H,5-6,9H2,(H,11,12)/p-1. The lowest BCUT2D eigenvalue weighted by Crippen LogP contribution is -2.19. The molecule has 0 fully saturated rings. The second-order valence-electron chi connectivity index (χ2n) is 2.62. The molecule has 1 aromatic rings. The zero-order chi connectivity index (χ0) is 9.68. The Kier molecular flexibility index (Phi) is 3.88. The number of anilines is 1. The molecular weight excluding hydrogens is 188 g/mol. The van der Waals surface area contributed by atoms with Gasteiger partial charge in [-0.15, -0.1) is 0 Å². The van der Waals surface area contributed by atoms with E-state index < -0.39 is 11.3 Å². The number of benzene rings is 1. The van der Waals surface area contributed by atoms with Crippen LogP contribution in [0.2, 0.25) is 0 Å². The molecule has 1 atom stereocenters. The van der Waals surface area contributed by atoms with Crippen molar-refractivity contribution in [3.8, 4) is 0 Å². The van der Waals surface area contributed by atoms with Gasteiger partial charge in [0.05, 0.1) is 0 Å². The van der Waals surface area contributed by atoms with Gasteiger partial charge in [-0.25, -0.2) is 4.72 Å². The summed E-state index contributed by atoms with van der Waals surface area (Å²) >= 11 is -2.17. The Labute approximate surface area is 79.6 Å². The van der Waals surface area contributed by atoms with Crippen molar-refractivity contribution in [2.45, 2.75) is 6.42 Å². The lowest BCUT2D eigenvalue weighted by Gasteiger charge is -2.06. The maximum atomic E-state index is 10.1. The number of nitrogen functional groups attached to an aromatic ring is 1. The molecule has 1 unspecified atom stereocenters. The van der Waals surface area contributed by atoms with E-state index in [2.05, 4.69) is 4.72 Å². The van der Waals surface area contributed by atoms with Gasteiger partial charge in [0.25, 0.3) is 0 Å². The third-order valence-electron chi connectivity index (χ3n) is 1.61. The van der Waals surface area contributed by atoms with E-state index in [9.17, 15) is 8.76 Å². The lowest BCUT2D eigenvalue weighted by atomic mass is 10.1. The molecule has 5 heteroatoms. The van der Waals surface area contributed by atoms with Crippen LogP contribution in [0.15, 0.2) is 24.3 Å². The Bertz CT molecular complexity index is 287. The van der Waals surface area contributed by atoms with Crippen molar-refractivity contribution in [2.24, 2.45) is 0 Å². The number of nitrogens with two attached hydrogens (primary N) is 1. The van der Waals surface area contributed by atoms with Crippen molar-refractivity contribution in [3.05, 3.63) is 29.8 Å². The molecule has 13 heavy (non-hydrogen) atoms. The zero-order valence-corrected chi connectivity index (χ0v) is 7.84. The summed E-state index contributed by atoms with van der Waals surface area (Å²) in [7, 11) is 0. The van der Waals surface area contributed by atoms with Gasteiger partial charge in [0.1, 0.15) is 0 Å². The van der Waals surface area contributed by atoms with Crippen LogP contribution < -0.4 is 10.5 Å². The average molecular weight is 199 g/mol. The van der Waals surface area contributed by atoms with Gasteiger partial charge in [0, 0.05) is 23.5 Å². The van der Waals surface area contributed by atoms with Crippen LogP contribution in [-0.4, -0.2) is 15.3 Å². The minimum atomic E-state index is -2.17. The van der Waals surface area contributed by atoms with E-state index in [0.29, 0.717) is 18.7 Å². The Balaban J connectivity index is 2.37. The zero-order valence-electron chi connectivity index (χ0n) is 7.03. The van der Waals surface area contributed by atoms with Gasteiger partial charge < -0.3 is 10.3 Å². The van der Waals surface area contributed by atoms with Crippen LogP contribution in [0.5, 0.6) is 0 Å². The molecule has 0 saturated heterocycles. The normalized spacial score (nSPS) is 12.7. The molecule has 0 radical (unpaired) electrons. The highest BCUT2D eigenvalue weighted by atomic mass is 32.2. The second-order valence-corrected chi connectivity index (χ2v) is 3.38. The quantitative estimate of drug-likeness (QED) is 0.537. The Morgan fingerprint density at radius 2 is 2.00 bits per heavy atom. The third kappa shape index (κ3) is 4.02. The van der Waals surface area contributed by atoms with E-state index in [1.54, 1.807) is 12.1 Å². The molecule has 0 aromatic heterocycles. The molecule has 0 aliphatic rings. The number of hydrogen-bond donors (Lipinski definition) is 2. The van der Waals surface area contributed by atoms with Crippen molar-refractivity contribution in [1.82, 2.24) is 4.72 Å². The fourth-order valence-electron chi connectivity index (χ4n) is 0.963. The maximum Gasteiger partial charge on any atom is 0.0314 e. The topological polar surface area (TPSA) is 78.2 Å². The van der Waals surface area contributed by atoms with E-state index in [4.69, 9.17) is 5.73 Å². The summed E-state index contributed by atoms with van der Waals surface area (Å²) in [5, 5.41) is 0. The van der Waals surface area contributed by atoms with Crippen molar-refractivity contribution < 1.29 is 8.76 Å². The predicted molar refractivity (Wildman–Crippen MR) is 51.5 cm³/mol. The largest absolute Gasteiger partial charge is 0.760 e. The molecule has 4 nitrogen and oxygen atoms in total. The molecule has 72 valence electrons. The van der Waals surface area contributed by atoms with Gasteiger partial charge in [0.2, 0.25) is 0 Å². The highest BCUT2D eigenvalue weighted by molar-refractivity contribution is 7.77. The van der Waals surface area contributed by atoms with Gasteiger partial charge in [0.15, 0.2) is 0 Å². The highest BCUT2D eigenvalue weighted by Gasteiger charge is 1.91. The van der Waals surface area contributed by atoms with Crippen LogP contribution in [0, 0.1) is 0 Å². The number of hydrogen-bond acceptors (Lipinski definition) is 3. The smallest absolute Gasteiger partial charge is 0.0314 e. The summed E-state index contributed by atoms with van der Waals surface area (Å²) in [6, 6.07) is 7.35. The summed E-state index contributed by atoms with van der Waals surface area (Å²) in [6.45, 7) is 0.417. The molecule has 1 rings (SSSR count). The van der Waals surface area contributed by atoms with Crippen LogP contribution in [0.1, 0.15) is 5.56 Å². The van der Waals surface area contributed by atoms with Gasteiger partial charge >= 0.3 is 0 Å². The van der Waals surface area contributed by atoms with Gasteiger partial charge in [-0.2, -0.15) is 0 Å². The summed E-state index contributed by atoms with van der Waals surface area (Å²) in [6.07, 6.45) is 0.675. The van der Waals surface area contributed by atoms with Crippen LogP contribution in [0.3, 0.4) is 0 Å². The first-order valence-corrected chi connectivity index (χ1v) is 4.93. The predicted octanol–water partition coefficient (Wildman–Crippen LogP) is 0.195. The summed E-state index contributed by atoms with van der Waals surface area (Å²) < 4.78 is 22.5. The fraction of sp³-hybridized carbons (Fsp3) is 0.250. The molecule has 0 spiro atoms. The van der Waals surface area contributed by atoms with E-state index in [0.717, 1.165) is 5.56 Å². The first kappa shape index (κ1) is 10.2. The molecular formula is C8H11N2O2S-. The van der Waals surface area contributed by atoms with Gasteiger partial charge in [-0.3, -0.25) is 4.21 Å². The van der Waals surface area contributed by atoms with Crippen molar-refractivity contribution in [2.75, 3.05) is 12.3 Å². The van der Waals surface area contributed by atoms with Crippen molar-refractivity contribution >= 4 is 17.0 Å². The Hall–Kier alpha value is -0.910. The average Bonchev–Trinajstić information content (AvgIpc) is 2.08. The minimum absolute atomic E-state index is 0.417. The molecule has 0 saturated carbocycles. The van der Waals surface area contributed by atoms with E-state index in [1.807, 2.05) is 12.1 Å². The minimum Gasteiger partial charge on any atom is -0.760 e. The molecule has 1 aromatic carbocycles. The first-order chi connectivity index (χ1) is 6.18. The summed E-state index contributed by atoms with van der Waals surface area (Å²) in [5.74, 6) is 0. The second kappa shape index (κ2) is 4.96. The van der Waals surface area contributed by atoms with Gasteiger partial charge in [-0.05, 0) is 24.1 Å². The SMILES string of the molecule is Nc1ccc(CCNS(=O)[O-])cc1. The van der Waals surface area contributed by atoms with E-state index in [-0.39, 0.29) is 0 Å². The molecule has 0 aliphatic carbocycles. The molecule has 0 amide bonds. The van der Waals surface area contributed by atoms with Crippen molar-refractivity contribution in [3.63, 3.8) is 0 Å².